The predicted octanol–water partition coefficient (Wildman–Crippen LogP) is 3.96. The summed E-state index contributed by atoms with van der Waals surface area (Å²) < 4.78 is 7.48. The maximum atomic E-state index is 13.3. The minimum absolute atomic E-state index is 0.00875. The summed E-state index contributed by atoms with van der Waals surface area (Å²) in [5.41, 5.74) is 1.48. The summed E-state index contributed by atoms with van der Waals surface area (Å²) in [5, 5.41) is 0.517. The van der Waals surface area contributed by atoms with Gasteiger partial charge in [0.25, 0.3) is 5.91 Å². The van der Waals surface area contributed by atoms with Gasteiger partial charge in [0.05, 0.1) is 17.4 Å². The third kappa shape index (κ3) is 4.25. The molecule has 9 heteroatoms. The fraction of sp³-hybridized carbons (Fsp3) is 0.360. The van der Waals surface area contributed by atoms with Crippen molar-refractivity contribution in [2.45, 2.75) is 38.6 Å². The van der Waals surface area contributed by atoms with Crippen LogP contribution in [0.25, 0.3) is 5.82 Å². The van der Waals surface area contributed by atoms with Crippen LogP contribution in [0.15, 0.2) is 48.8 Å². The zero-order valence-corrected chi connectivity index (χ0v) is 19.7. The summed E-state index contributed by atoms with van der Waals surface area (Å²) in [4.78, 5) is 38.5. The van der Waals surface area contributed by atoms with Gasteiger partial charge in [-0.2, -0.15) is 0 Å². The van der Waals surface area contributed by atoms with Gasteiger partial charge in [0.15, 0.2) is 6.61 Å². The van der Waals surface area contributed by atoms with Crippen LogP contribution in [0.1, 0.15) is 43.7 Å². The molecule has 5 rings (SSSR count). The van der Waals surface area contributed by atoms with Crippen LogP contribution in [0.4, 0.5) is 5.69 Å². The summed E-state index contributed by atoms with van der Waals surface area (Å²) >= 11 is 6.13. The minimum atomic E-state index is -0.179. The molecule has 0 radical (unpaired) electrons. The Hall–Kier alpha value is -3.39. The van der Waals surface area contributed by atoms with Gasteiger partial charge >= 0.3 is 0 Å². The van der Waals surface area contributed by atoms with E-state index in [1.54, 1.807) is 29.3 Å². The zero-order valence-electron chi connectivity index (χ0n) is 19.0. The second-order valence-electron chi connectivity index (χ2n) is 8.43. The van der Waals surface area contributed by atoms with Crippen molar-refractivity contribution in [1.29, 1.82) is 0 Å². The first-order valence-electron chi connectivity index (χ1n) is 11.6. The number of rotatable bonds is 6. The summed E-state index contributed by atoms with van der Waals surface area (Å²) in [7, 11) is 0. The Kier molecular flexibility index (Phi) is 6.24. The maximum absolute atomic E-state index is 13.3. The van der Waals surface area contributed by atoms with E-state index >= 15 is 0 Å². The summed E-state index contributed by atoms with van der Waals surface area (Å²) in [6.07, 6.45) is 6.49. The van der Waals surface area contributed by atoms with Crippen LogP contribution < -0.4 is 9.64 Å². The van der Waals surface area contributed by atoms with Crippen LogP contribution >= 0.6 is 11.6 Å². The lowest BCUT2D eigenvalue weighted by Crippen LogP contribution is -2.41. The molecule has 2 aliphatic heterocycles. The van der Waals surface area contributed by atoms with Gasteiger partial charge in [0.1, 0.15) is 17.4 Å². The summed E-state index contributed by atoms with van der Waals surface area (Å²) in [6.45, 7) is 2.98. The van der Waals surface area contributed by atoms with Gasteiger partial charge in [-0.3, -0.25) is 14.2 Å². The number of hydrogen-bond donors (Lipinski definition) is 0. The molecule has 0 unspecified atom stereocenters. The molecule has 2 aliphatic rings. The highest BCUT2D eigenvalue weighted by Crippen LogP contribution is 2.35. The maximum Gasteiger partial charge on any atom is 0.265 e. The number of pyridine rings is 1. The molecular weight excluding hydrogens is 454 g/mol. The topological polar surface area (TPSA) is 80.6 Å². The van der Waals surface area contributed by atoms with Crippen molar-refractivity contribution in [3.63, 3.8) is 0 Å². The number of likely N-dealkylation sites (tertiary alicyclic amines) is 1. The molecule has 8 nitrogen and oxygen atoms in total. The van der Waals surface area contributed by atoms with E-state index in [2.05, 4.69) is 11.9 Å². The average Bonchev–Trinajstić information content (AvgIpc) is 3.53. The van der Waals surface area contributed by atoms with Gasteiger partial charge in [-0.25, -0.2) is 9.97 Å². The molecule has 0 N–H and O–H groups in total. The van der Waals surface area contributed by atoms with Crippen molar-refractivity contribution < 1.29 is 14.3 Å². The van der Waals surface area contributed by atoms with Crippen LogP contribution in [0, 0.1) is 0 Å². The van der Waals surface area contributed by atoms with E-state index in [9.17, 15) is 9.59 Å². The Morgan fingerprint density at radius 3 is 3.00 bits per heavy atom. The molecule has 1 fully saturated rings. The van der Waals surface area contributed by atoms with E-state index in [1.165, 1.54) is 0 Å². The van der Waals surface area contributed by atoms with Crippen LogP contribution in [0.2, 0.25) is 5.02 Å². The van der Waals surface area contributed by atoms with E-state index in [-0.39, 0.29) is 37.4 Å². The molecule has 0 aliphatic carbocycles. The average molecular weight is 480 g/mol. The molecule has 3 aromatic rings. The van der Waals surface area contributed by atoms with E-state index in [1.807, 2.05) is 33.9 Å². The lowest BCUT2D eigenvalue weighted by Gasteiger charge is -2.30. The number of imidazole rings is 1. The van der Waals surface area contributed by atoms with Crippen molar-refractivity contribution in [2.24, 2.45) is 0 Å². The molecule has 1 saturated heterocycles. The Bertz CT molecular complexity index is 1230. The van der Waals surface area contributed by atoms with Gasteiger partial charge in [-0.1, -0.05) is 24.6 Å². The normalized spacial score (nSPS) is 17.6. The van der Waals surface area contributed by atoms with Gasteiger partial charge in [-0.05, 0) is 43.2 Å². The Morgan fingerprint density at radius 1 is 1.26 bits per heavy atom. The third-order valence-electron chi connectivity index (χ3n) is 6.36. The monoisotopic (exact) mass is 479 g/mol. The quantitative estimate of drug-likeness (QED) is 0.534. The van der Waals surface area contributed by atoms with Crippen molar-refractivity contribution in [2.75, 3.05) is 24.6 Å². The van der Waals surface area contributed by atoms with Gasteiger partial charge in [0.2, 0.25) is 5.91 Å². The molecule has 0 bridgehead atoms. The second kappa shape index (κ2) is 9.46. The Morgan fingerprint density at radius 2 is 2.15 bits per heavy atom. The number of aryl methyl sites for hydroxylation is 1. The molecule has 2 amide bonds. The van der Waals surface area contributed by atoms with E-state index in [0.717, 1.165) is 36.6 Å². The fourth-order valence-electron chi connectivity index (χ4n) is 4.71. The lowest BCUT2D eigenvalue weighted by molar-refractivity contribution is -0.132. The first-order chi connectivity index (χ1) is 16.5. The molecular formula is C25H26ClN5O3. The highest BCUT2D eigenvalue weighted by Gasteiger charge is 2.32. The summed E-state index contributed by atoms with van der Waals surface area (Å²) in [6, 6.07) is 11.0. The van der Waals surface area contributed by atoms with E-state index in [0.29, 0.717) is 23.0 Å². The van der Waals surface area contributed by atoms with Gasteiger partial charge in [0, 0.05) is 43.3 Å². The first-order valence-corrected chi connectivity index (χ1v) is 11.9. The Labute approximate surface area is 203 Å². The number of fused-ring (bicyclic) bond motifs is 1. The molecule has 2 aromatic heterocycles. The van der Waals surface area contributed by atoms with Crippen LogP contribution in [-0.4, -0.2) is 50.9 Å². The minimum Gasteiger partial charge on any atom is -0.482 e. The number of anilines is 1. The molecule has 34 heavy (non-hydrogen) atoms. The molecule has 0 spiro atoms. The van der Waals surface area contributed by atoms with Crippen molar-refractivity contribution >= 4 is 29.1 Å². The smallest absolute Gasteiger partial charge is 0.265 e. The van der Waals surface area contributed by atoms with Crippen LogP contribution in [0.5, 0.6) is 5.75 Å². The number of nitrogens with zero attached hydrogens (tertiary/aromatic N) is 5. The second-order valence-corrected chi connectivity index (χ2v) is 8.87. The number of ether oxygens (including phenoxy) is 1. The van der Waals surface area contributed by atoms with E-state index < -0.39 is 0 Å². The molecule has 0 saturated carbocycles. The number of amides is 2. The van der Waals surface area contributed by atoms with Crippen molar-refractivity contribution in [1.82, 2.24) is 19.4 Å². The van der Waals surface area contributed by atoms with Crippen LogP contribution in [-0.2, 0) is 16.0 Å². The highest BCUT2D eigenvalue weighted by atomic mass is 35.5. The number of carbonyl (C=O) groups is 2. The molecule has 1 atom stereocenters. The number of halogens is 1. The van der Waals surface area contributed by atoms with Crippen molar-refractivity contribution in [3.05, 3.63) is 65.3 Å². The van der Waals surface area contributed by atoms with Gasteiger partial charge in [-0.15, -0.1) is 0 Å². The molecule has 176 valence electrons. The first kappa shape index (κ1) is 22.4. The Balaban J connectivity index is 1.31. The lowest BCUT2D eigenvalue weighted by atomic mass is 10.1. The number of carbonyl (C=O) groups excluding carboxylic acids is 2. The zero-order chi connectivity index (χ0) is 23.7. The SMILES string of the molecule is CCc1nccn1-c1cccc([C@@H]2CCCN2C(=O)CCN2C(=O)COc3ccc(Cl)cc32)n1. The third-order valence-corrected chi connectivity index (χ3v) is 6.60. The van der Waals surface area contributed by atoms with E-state index in [4.69, 9.17) is 21.3 Å². The fourth-order valence-corrected chi connectivity index (χ4v) is 4.87. The molecule has 4 heterocycles. The standard InChI is InChI=1S/C25H26ClN5O3/c1-2-22-27-11-14-31(22)23-7-3-5-18(28-23)19-6-4-12-29(19)24(32)10-13-30-20-15-17(26)8-9-21(20)34-16-25(30)33/h3,5,7-9,11,14-15,19H,2,4,6,10,12-13,16H2,1H3/t19-/m0/s1. The van der Waals surface area contributed by atoms with Crippen molar-refractivity contribution in [3.8, 4) is 11.6 Å². The summed E-state index contributed by atoms with van der Waals surface area (Å²) in [5.74, 6) is 2.18. The number of aromatic nitrogens is 3. The predicted molar refractivity (Wildman–Crippen MR) is 128 cm³/mol. The highest BCUT2D eigenvalue weighted by molar-refractivity contribution is 6.31. The van der Waals surface area contributed by atoms with Crippen LogP contribution in [0.3, 0.4) is 0 Å². The molecule has 1 aromatic carbocycles. The van der Waals surface area contributed by atoms with Gasteiger partial charge < -0.3 is 14.5 Å². The number of benzene rings is 1. The largest absolute Gasteiger partial charge is 0.482 e. The number of hydrogen-bond acceptors (Lipinski definition) is 5.